The van der Waals surface area contributed by atoms with E-state index in [1.54, 1.807) is 6.07 Å². The van der Waals surface area contributed by atoms with E-state index in [9.17, 15) is 4.39 Å². The minimum Gasteiger partial charge on any atom is -0.313 e. The zero-order chi connectivity index (χ0) is 13.8. The monoisotopic (exact) mass is 254 g/mol. The van der Waals surface area contributed by atoms with Gasteiger partial charge in [0.15, 0.2) is 0 Å². The van der Waals surface area contributed by atoms with Crippen molar-refractivity contribution in [1.82, 2.24) is 5.32 Å². The maximum absolute atomic E-state index is 13.4. The molecule has 0 bridgehead atoms. The van der Waals surface area contributed by atoms with Gasteiger partial charge in [0.05, 0.1) is 11.6 Å². The minimum absolute atomic E-state index is 0.274. The summed E-state index contributed by atoms with van der Waals surface area (Å²) in [4.78, 5) is 0. The van der Waals surface area contributed by atoms with Crippen molar-refractivity contribution in [3.63, 3.8) is 0 Å². The summed E-state index contributed by atoms with van der Waals surface area (Å²) < 4.78 is 13.4. The Balaban J connectivity index is 2.37. The second-order valence-corrected chi connectivity index (χ2v) is 4.47. The number of benzene rings is 2. The molecule has 3 heteroatoms. The first-order valence-electron chi connectivity index (χ1n) is 6.12. The molecule has 2 nitrogen and oxygen atoms in total. The number of nitriles is 1. The topological polar surface area (TPSA) is 35.8 Å². The van der Waals surface area contributed by atoms with Crippen LogP contribution in [-0.2, 0) is 0 Å². The van der Waals surface area contributed by atoms with E-state index < -0.39 is 0 Å². The highest BCUT2D eigenvalue weighted by molar-refractivity contribution is 5.65. The van der Waals surface area contributed by atoms with Crippen molar-refractivity contribution in [1.29, 1.82) is 5.26 Å². The predicted octanol–water partition coefficient (Wildman–Crippen LogP) is 3.64. The van der Waals surface area contributed by atoms with Crippen LogP contribution in [0.3, 0.4) is 0 Å². The summed E-state index contributed by atoms with van der Waals surface area (Å²) in [6.07, 6.45) is 0. The summed E-state index contributed by atoms with van der Waals surface area (Å²) in [6, 6.07) is 14.5. The summed E-state index contributed by atoms with van der Waals surface area (Å²) in [5.41, 5.74) is 3.13. The molecule has 0 radical (unpaired) electrons. The molecule has 0 saturated heterocycles. The quantitative estimate of drug-likeness (QED) is 0.907. The van der Waals surface area contributed by atoms with Gasteiger partial charge in [-0.15, -0.1) is 0 Å². The van der Waals surface area contributed by atoms with Crippen molar-refractivity contribution < 1.29 is 4.39 Å². The predicted molar refractivity (Wildman–Crippen MR) is 74.0 cm³/mol. The van der Waals surface area contributed by atoms with E-state index in [1.807, 2.05) is 37.4 Å². The smallest absolute Gasteiger partial charge is 0.125 e. The molecule has 1 N–H and O–H groups in total. The fraction of sp³-hybridized carbons (Fsp3) is 0.188. The van der Waals surface area contributed by atoms with Crippen LogP contribution in [0.1, 0.15) is 24.1 Å². The van der Waals surface area contributed by atoms with E-state index in [1.165, 1.54) is 17.7 Å². The lowest BCUT2D eigenvalue weighted by Crippen LogP contribution is -2.11. The van der Waals surface area contributed by atoms with E-state index in [-0.39, 0.29) is 11.9 Å². The zero-order valence-electron chi connectivity index (χ0n) is 10.9. The van der Waals surface area contributed by atoms with Crippen molar-refractivity contribution in [3.05, 3.63) is 59.4 Å². The van der Waals surface area contributed by atoms with Crippen molar-refractivity contribution in [3.8, 4) is 17.2 Å². The van der Waals surface area contributed by atoms with Crippen LogP contribution in [0.5, 0.6) is 0 Å². The van der Waals surface area contributed by atoms with E-state index >= 15 is 0 Å². The molecule has 0 saturated carbocycles. The molecule has 96 valence electrons. The number of hydrogen-bond donors (Lipinski definition) is 1. The average Bonchev–Trinajstić information content (AvgIpc) is 2.46. The van der Waals surface area contributed by atoms with Crippen LogP contribution < -0.4 is 5.32 Å². The molecule has 0 amide bonds. The number of nitrogens with one attached hydrogen (secondary N) is 1. The number of nitrogens with zero attached hydrogens (tertiary/aromatic N) is 1. The molecule has 2 rings (SSSR count). The van der Waals surface area contributed by atoms with Gasteiger partial charge < -0.3 is 5.32 Å². The maximum atomic E-state index is 13.4. The highest BCUT2D eigenvalue weighted by atomic mass is 19.1. The SMILES string of the molecule is CNC(C)c1ccc(-c2cc(F)cc(C#N)c2)cc1. The normalized spacial score (nSPS) is 11.9. The number of halogens is 1. The minimum atomic E-state index is -0.387. The van der Waals surface area contributed by atoms with Gasteiger partial charge in [-0.25, -0.2) is 4.39 Å². The van der Waals surface area contributed by atoms with Crippen molar-refractivity contribution in [2.24, 2.45) is 0 Å². The lowest BCUT2D eigenvalue weighted by Gasteiger charge is -2.11. The molecule has 0 aliphatic carbocycles. The Morgan fingerprint density at radius 3 is 2.37 bits per heavy atom. The second-order valence-electron chi connectivity index (χ2n) is 4.47. The van der Waals surface area contributed by atoms with Gasteiger partial charge in [-0.2, -0.15) is 5.26 Å². The largest absolute Gasteiger partial charge is 0.313 e. The zero-order valence-corrected chi connectivity index (χ0v) is 10.9. The first-order chi connectivity index (χ1) is 9.13. The molecule has 0 aliphatic rings. The Bertz CT molecular complexity index is 612. The van der Waals surface area contributed by atoms with Gasteiger partial charge in [-0.3, -0.25) is 0 Å². The molecule has 2 aromatic carbocycles. The number of hydrogen-bond acceptors (Lipinski definition) is 2. The van der Waals surface area contributed by atoms with E-state index in [0.717, 1.165) is 11.1 Å². The molecule has 0 heterocycles. The van der Waals surface area contributed by atoms with E-state index in [2.05, 4.69) is 12.2 Å². The third kappa shape index (κ3) is 2.98. The third-order valence-corrected chi connectivity index (χ3v) is 3.20. The van der Waals surface area contributed by atoms with Crippen LogP contribution in [0.15, 0.2) is 42.5 Å². The van der Waals surface area contributed by atoms with Crippen LogP contribution >= 0.6 is 0 Å². The Kier molecular flexibility index (Phi) is 3.94. The Labute approximate surface area is 112 Å². The first kappa shape index (κ1) is 13.3. The summed E-state index contributed by atoms with van der Waals surface area (Å²) >= 11 is 0. The van der Waals surface area contributed by atoms with Gasteiger partial charge in [0.25, 0.3) is 0 Å². The fourth-order valence-electron chi connectivity index (χ4n) is 1.95. The lowest BCUT2D eigenvalue weighted by atomic mass is 10.00. The molecule has 1 unspecified atom stereocenters. The molecule has 2 aromatic rings. The summed E-state index contributed by atoms with van der Waals surface area (Å²) in [7, 11) is 1.91. The standard InChI is InChI=1S/C16H15FN2/c1-11(19-2)13-3-5-14(6-4-13)15-7-12(10-18)8-16(17)9-15/h3-9,11,19H,1-2H3. The molecule has 19 heavy (non-hydrogen) atoms. The highest BCUT2D eigenvalue weighted by Crippen LogP contribution is 2.23. The van der Waals surface area contributed by atoms with E-state index in [4.69, 9.17) is 5.26 Å². The van der Waals surface area contributed by atoms with Crippen LogP contribution in [0.25, 0.3) is 11.1 Å². The average molecular weight is 254 g/mol. The Hall–Kier alpha value is -2.18. The van der Waals surface area contributed by atoms with Crippen molar-refractivity contribution in [2.75, 3.05) is 7.05 Å². The van der Waals surface area contributed by atoms with Gasteiger partial charge in [-0.1, -0.05) is 24.3 Å². The molecule has 0 spiro atoms. The lowest BCUT2D eigenvalue weighted by molar-refractivity contribution is 0.628. The number of rotatable bonds is 3. The summed E-state index contributed by atoms with van der Waals surface area (Å²) in [5, 5.41) is 12.0. The molecular formula is C16H15FN2. The summed E-state index contributed by atoms with van der Waals surface area (Å²) in [5.74, 6) is -0.387. The fourth-order valence-corrected chi connectivity index (χ4v) is 1.95. The molecule has 0 fully saturated rings. The first-order valence-corrected chi connectivity index (χ1v) is 6.12. The van der Waals surface area contributed by atoms with E-state index in [0.29, 0.717) is 5.56 Å². The van der Waals surface area contributed by atoms with Gasteiger partial charge in [0, 0.05) is 6.04 Å². The van der Waals surface area contributed by atoms with Crippen LogP contribution in [0.2, 0.25) is 0 Å². The maximum Gasteiger partial charge on any atom is 0.125 e. The Morgan fingerprint density at radius 1 is 1.11 bits per heavy atom. The van der Waals surface area contributed by atoms with Gasteiger partial charge in [-0.05, 0) is 48.9 Å². The van der Waals surface area contributed by atoms with Crippen LogP contribution in [0, 0.1) is 17.1 Å². The van der Waals surface area contributed by atoms with Gasteiger partial charge >= 0.3 is 0 Å². The molecule has 0 aliphatic heterocycles. The van der Waals surface area contributed by atoms with Crippen LogP contribution in [-0.4, -0.2) is 7.05 Å². The molecular weight excluding hydrogens is 239 g/mol. The van der Waals surface area contributed by atoms with Gasteiger partial charge in [0.1, 0.15) is 5.82 Å². The second kappa shape index (κ2) is 5.64. The van der Waals surface area contributed by atoms with Crippen molar-refractivity contribution in [2.45, 2.75) is 13.0 Å². The summed E-state index contributed by atoms with van der Waals surface area (Å²) in [6.45, 7) is 2.07. The Morgan fingerprint density at radius 2 is 1.79 bits per heavy atom. The van der Waals surface area contributed by atoms with Crippen LogP contribution in [0.4, 0.5) is 4.39 Å². The van der Waals surface area contributed by atoms with Gasteiger partial charge in [0.2, 0.25) is 0 Å². The van der Waals surface area contributed by atoms with Crippen molar-refractivity contribution >= 4 is 0 Å². The highest BCUT2D eigenvalue weighted by Gasteiger charge is 2.05. The molecule has 0 aromatic heterocycles. The third-order valence-electron chi connectivity index (χ3n) is 3.20. The molecule has 1 atom stereocenters.